The molecule has 0 radical (unpaired) electrons. The summed E-state index contributed by atoms with van der Waals surface area (Å²) < 4.78 is 6.65. The Morgan fingerprint density at radius 3 is 2.74 bits per heavy atom. The molecule has 2 rings (SSSR count). The normalized spacial score (nSPS) is 20.9. The van der Waals surface area contributed by atoms with Gasteiger partial charge in [-0.25, -0.2) is 4.79 Å². The first kappa shape index (κ1) is 18.1. The lowest BCUT2D eigenvalue weighted by molar-refractivity contribution is -0.153. The Kier molecular flexibility index (Phi) is 5.97. The molecule has 7 heteroatoms. The van der Waals surface area contributed by atoms with Crippen molar-refractivity contribution in [3.05, 3.63) is 28.2 Å². The van der Waals surface area contributed by atoms with Gasteiger partial charge < -0.3 is 14.7 Å². The molecule has 0 saturated heterocycles. The third kappa shape index (κ3) is 3.83. The van der Waals surface area contributed by atoms with Crippen molar-refractivity contribution in [2.45, 2.75) is 26.0 Å². The average molecular weight is 402 g/mol. The summed E-state index contributed by atoms with van der Waals surface area (Å²) in [6.07, 6.45) is 1.25. The maximum Gasteiger partial charge on any atom is 0.331 e. The fraction of sp³-hybridized carbons (Fsp3) is 0.500. The third-order valence-corrected chi connectivity index (χ3v) is 4.82. The highest BCUT2D eigenvalue weighted by Gasteiger charge is 2.41. The molecule has 0 saturated carbocycles. The number of rotatable bonds is 5. The Labute approximate surface area is 148 Å². The summed E-state index contributed by atoms with van der Waals surface area (Å²) in [5, 5.41) is 9.74. The number of carbonyl (C=O) groups excluding carboxylic acids is 1. The SMILES string of the molecule is CSCCN1C(=O)C(C(C)C)Oc2ccc(Br)cc2C1C(=O)O. The summed E-state index contributed by atoms with van der Waals surface area (Å²) in [6, 6.07) is 4.19. The summed E-state index contributed by atoms with van der Waals surface area (Å²) in [7, 11) is 0. The van der Waals surface area contributed by atoms with Gasteiger partial charge in [0, 0.05) is 22.3 Å². The van der Waals surface area contributed by atoms with Crippen molar-refractivity contribution in [3.63, 3.8) is 0 Å². The molecule has 1 aromatic carbocycles. The number of carboxylic acid groups (broad SMARTS) is 1. The van der Waals surface area contributed by atoms with Gasteiger partial charge in [0.1, 0.15) is 5.75 Å². The molecule has 1 aliphatic heterocycles. The quantitative estimate of drug-likeness (QED) is 0.820. The van der Waals surface area contributed by atoms with E-state index in [1.807, 2.05) is 20.1 Å². The van der Waals surface area contributed by atoms with Crippen LogP contribution in [0.4, 0.5) is 0 Å². The fourth-order valence-electron chi connectivity index (χ4n) is 2.60. The van der Waals surface area contributed by atoms with E-state index in [2.05, 4.69) is 15.9 Å². The molecule has 1 amide bonds. The smallest absolute Gasteiger partial charge is 0.331 e. The van der Waals surface area contributed by atoms with E-state index in [9.17, 15) is 14.7 Å². The van der Waals surface area contributed by atoms with E-state index in [0.29, 0.717) is 23.6 Å². The highest BCUT2D eigenvalue weighted by atomic mass is 79.9. The predicted molar refractivity (Wildman–Crippen MR) is 93.9 cm³/mol. The average Bonchev–Trinajstić information content (AvgIpc) is 2.60. The van der Waals surface area contributed by atoms with E-state index < -0.39 is 18.1 Å². The van der Waals surface area contributed by atoms with Gasteiger partial charge in [0.25, 0.3) is 5.91 Å². The van der Waals surface area contributed by atoms with Crippen LogP contribution in [0.2, 0.25) is 0 Å². The van der Waals surface area contributed by atoms with E-state index in [0.717, 1.165) is 4.47 Å². The minimum Gasteiger partial charge on any atom is -0.480 e. The monoisotopic (exact) mass is 401 g/mol. The Morgan fingerprint density at radius 1 is 1.48 bits per heavy atom. The van der Waals surface area contributed by atoms with Crippen LogP contribution in [-0.4, -0.2) is 46.5 Å². The second-order valence-electron chi connectivity index (χ2n) is 5.73. The molecule has 0 spiro atoms. The summed E-state index contributed by atoms with van der Waals surface area (Å²) in [5.41, 5.74) is 0.504. The predicted octanol–water partition coefficient (Wildman–Crippen LogP) is 3.18. The van der Waals surface area contributed by atoms with Crippen molar-refractivity contribution in [1.82, 2.24) is 4.90 Å². The second-order valence-corrected chi connectivity index (χ2v) is 7.63. The number of carboxylic acids is 1. The molecule has 1 heterocycles. The zero-order valence-electron chi connectivity index (χ0n) is 13.3. The van der Waals surface area contributed by atoms with E-state index in [1.54, 1.807) is 30.0 Å². The van der Waals surface area contributed by atoms with Gasteiger partial charge in [0.05, 0.1) is 0 Å². The fourth-order valence-corrected chi connectivity index (χ4v) is 3.36. The van der Waals surface area contributed by atoms with Gasteiger partial charge >= 0.3 is 5.97 Å². The Hall–Kier alpha value is -1.21. The molecule has 1 N–H and O–H groups in total. The number of carbonyl (C=O) groups is 2. The standard InChI is InChI=1S/C16H20BrNO4S/c1-9(2)14-15(19)18(6-7-23-3)13(16(20)21)11-8-10(17)4-5-12(11)22-14/h4-5,8-9,13-14H,6-7H2,1-3H3,(H,20,21). The largest absolute Gasteiger partial charge is 0.480 e. The number of benzene rings is 1. The van der Waals surface area contributed by atoms with Crippen LogP contribution in [0, 0.1) is 5.92 Å². The molecule has 1 aromatic rings. The van der Waals surface area contributed by atoms with Crippen LogP contribution in [-0.2, 0) is 9.59 Å². The first-order valence-corrected chi connectivity index (χ1v) is 9.53. The Morgan fingerprint density at radius 2 is 2.17 bits per heavy atom. The zero-order chi connectivity index (χ0) is 17.1. The molecule has 2 unspecified atom stereocenters. The first-order valence-electron chi connectivity index (χ1n) is 7.35. The molecule has 0 aromatic heterocycles. The van der Waals surface area contributed by atoms with Gasteiger partial charge in [-0.1, -0.05) is 29.8 Å². The van der Waals surface area contributed by atoms with Crippen LogP contribution in [0.25, 0.3) is 0 Å². The number of aliphatic carboxylic acids is 1. The van der Waals surface area contributed by atoms with Crippen molar-refractivity contribution in [2.24, 2.45) is 5.92 Å². The molecule has 0 fully saturated rings. The van der Waals surface area contributed by atoms with Crippen molar-refractivity contribution in [1.29, 1.82) is 0 Å². The second kappa shape index (κ2) is 7.57. The molecular weight excluding hydrogens is 382 g/mol. The summed E-state index contributed by atoms with van der Waals surface area (Å²) in [4.78, 5) is 26.2. The third-order valence-electron chi connectivity index (χ3n) is 3.73. The van der Waals surface area contributed by atoms with Crippen molar-refractivity contribution >= 4 is 39.6 Å². The van der Waals surface area contributed by atoms with E-state index in [-0.39, 0.29) is 11.8 Å². The summed E-state index contributed by atoms with van der Waals surface area (Å²) in [6.45, 7) is 4.17. The van der Waals surface area contributed by atoms with Crippen LogP contribution in [0.1, 0.15) is 25.5 Å². The van der Waals surface area contributed by atoms with Crippen LogP contribution in [0.3, 0.4) is 0 Å². The Bertz CT molecular complexity index is 608. The molecule has 1 aliphatic rings. The van der Waals surface area contributed by atoms with E-state index >= 15 is 0 Å². The van der Waals surface area contributed by atoms with Crippen molar-refractivity contribution in [3.8, 4) is 5.75 Å². The van der Waals surface area contributed by atoms with Gasteiger partial charge in [-0.05, 0) is 30.4 Å². The van der Waals surface area contributed by atoms with Gasteiger partial charge in [0.15, 0.2) is 12.1 Å². The molecule has 5 nitrogen and oxygen atoms in total. The lowest BCUT2D eigenvalue weighted by atomic mass is 10.0. The molecule has 2 atom stereocenters. The minimum absolute atomic E-state index is 0.0525. The number of thioether (sulfide) groups is 1. The number of hydrogen-bond donors (Lipinski definition) is 1. The maximum atomic E-state index is 12.9. The number of hydrogen-bond acceptors (Lipinski definition) is 4. The van der Waals surface area contributed by atoms with Crippen LogP contribution in [0.15, 0.2) is 22.7 Å². The van der Waals surface area contributed by atoms with Crippen LogP contribution >= 0.6 is 27.7 Å². The number of amides is 1. The highest BCUT2D eigenvalue weighted by molar-refractivity contribution is 9.10. The van der Waals surface area contributed by atoms with E-state index in [4.69, 9.17) is 4.74 Å². The van der Waals surface area contributed by atoms with Crippen molar-refractivity contribution < 1.29 is 19.4 Å². The lowest BCUT2D eigenvalue weighted by Crippen LogP contribution is -2.46. The van der Waals surface area contributed by atoms with E-state index in [1.165, 1.54) is 4.90 Å². The van der Waals surface area contributed by atoms with Crippen LogP contribution in [0.5, 0.6) is 5.75 Å². The molecular formula is C16H20BrNO4S. The van der Waals surface area contributed by atoms with Gasteiger partial charge in [-0.2, -0.15) is 11.8 Å². The number of nitrogens with zero attached hydrogens (tertiary/aromatic N) is 1. The number of fused-ring (bicyclic) bond motifs is 1. The molecule has 0 bridgehead atoms. The molecule has 126 valence electrons. The molecule has 0 aliphatic carbocycles. The summed E-state index contributed by atoms with van der Waals surface area (Å²) >= 11 is 4.94. The highest BCUT2D eigenvalue weighted by Crippen LogP contribution is 2.37. The number of halogens is 1. The topological polar surface area (TPSA) is 66.8 Å². The first-order chi connectivity index (χ1) is 10.9. The lowest BCUT2D eigenvalue weighted by Gasteiger charge is -2.29. The molecule has 23 heavy (non-hydrogen) atoms. The van der Waals surface area contributed by atoms with Gasteiger partial charge in [-0.15, -0.1) is 0 Å². The number of ether oxygens (including phenoxy) is 1. The van der Waals surface area contributed by atoms with Crippen molar-refractivity contribution in [2.75, 3.05) is 18.6 Å². The zero-order valence-corrected chi connectivity index (χ0v) is 15.7. The Balaban J connectivity index is 2.57. The summed E-state index contributed by atoms with van der Waals surface area (Å²) in [5.74, 6) is -0.243. The van der Waals surface area contributed by atoms with Crippen LogP contribution < -0.4 is 4.74 Å². The maximum absolute atomic E-state index is 12.9. The minimum atomic E-state index is -1.05. The van der Waals surface area contributed by atoms with Gasteiger partial charge in [-0.3, -0.25) is 4.79 Å². The van der Waals surface area contributed by atoms with Gasteiger partial charge in [0.2, 0.25) is 0 Å².